The van der Waals surface area contributed by atoms with Gasteiger partial charge in [-0.05, 0) is 53.4 Å². The van der Waals surface area contributed by atoms with E-state index in [-0.39, 0.29) is 5.91 Å². The summed E-state index contributed by atoms with van der Waals surface area (Å²) in [6, 6.07) is 9.98. The van der Waals surface area contributed by atoms with E-state index < -0.39 is 0 Å². The monoisotopic (exact) mass is 274 g/mol. The molecule has 100 valence electrons. The van der Waals surface area contributed by atoms with Crippen molar-refractivity contribution in [2.24, 2.45) is 5.73 Å². The lowest BCUT2D eigenvalue weighted by atomic mass is 10.1. The first-order valence-corrected chi connectivity index (χ1v) is 7.22. The predicted octanol–water partition coefficient (Wildman–Crippen LogP) is 2.57. The van der Waals surface area contributed by atoms with Gasteiger partial charge in [0.15, 0.2) is 0 Å². The average molecular weight is 274 g/mol. The molecular weight excluding hydrogens is 256 g/mol. The van der Waals surface area contributed by atoms with Gasteiger partial charge < -0.3 is 11.1 Å². The van der Waals surface area contributed by atoms with Gasteiger partial charge in [-0.1, -0.05) is 12.1 Å². The molecule has 3 nitrogen and oxygen atoms in total. The van der Waals surface area contributed by atoms with E-state index in [1.54, 1.807) is 17.4 Å². The van der Waals surface area contributed by atoms with Crippen LogP contribution in [-0.2, 0) is 13.0 Å². The number of amides is 1. The van der Waals surface area contributed by atoms with Crippen molar-refractivity contribution in [2.75, 3.05) is 0 Å². The highest BCUT2D eigenvalue weighted by Crippen LogP contribution is 2.09. The third kappa shape index (κ3) is 4.19. The summed E-state index contributed by atoms with van der Waals surface area (Å²) in [6.45, 7) is 2.90. The smallest absolute Gasteiger partial charge is 0.248 e. The third-order valence-corrected chi connectivity index (χ3v) is 3.72. The van der Waals surface area contributed by atoms with E-state index in [9.17, 15) is 4.79 Å². The van der Waals surface area contributed by atoms with Crippen molar-refractivity contribution >= 4 is 17.2 Å². The van der Waals surface area contributed by atoms with Gasteiger partial charge >= 0.3 is 0 Å². The molecule has 3 N–H and O–H groups in total. The van der Waals surface area contributed by atoms with Crippen LogP contribution < -0.4 is 11.1 Å². The van der Waals surface area contributed by atoms with Gasteiger partial charge in [-0.25, -0.2) is 0 Å². The number of thiophene rings is 1. The van der Waals surface area contributed by atoms with Gasteiger partial charge in [-0.15, -0.1) is 0 Å². The Morgan fingerprint density at radius 1 is 1.37 bits per heavy atom. The van der Waals surface area contributed by atoms with Crippen LogP contribution in [0.2, 0.25) is 0 Å². The Balaban J connectivity index is 1.88. The maximum Gasteiger partial charge on any atom is 0.248 e. The number of nitrogens with one attached hydrogen (secondary N) is 1. The molecule has 0 saturated heterocycles. The molecule has 1 amide bonds. The van der Waals surface area contributed by atoms with Gasteiger partial charge in [0.05, 0.1) is 0 Å². The van der Waals surface area contributed by atoms with Crippen molar-refractivity contribution in [3.63, 3.8) is 0 Å². The second-order valence-corrected chi connectivity index (χ2v) is 5.46. The first-order valence-electron chi connectivity index (χ1n) is 6.28. The number of primary amides is 1. The fourth-order valence-electron chi connectivity index (χ4n) is 1.96. The zero-order valence-electron chi connectivity index (χ0n) is 10.9. The highest BCUT2D eigenvalue weighted by Gasteiger charge is 2.05. The minimum Gasteiger partial charge on any atom is -0.366 e. The quantitative estimate of drug-likeness (QED) is 0.850. The number of rotatable bonds is 6. The van der Waals surface area contributed by atoms with Crippen LogP contribution in [0.5, 0.6) is 0 Å². The van der Waals surface area contributed by atoms with Crippen molar-refractivity contribution in [1.29, 1.82) is 0 Å². The molecule has 2 aromatic rings. The molecule has 0 bridgehead atoms. The van der Waals surface area contributed by atoms with Crippen molar-refractivity contribution in [3.8, 4) is 0 Å². The molecule has 1 heterocycles. The molecule has 0 radical (unpaired) electrons. The second kappa shape index (κ2) is 6.50. The van der Waals surface area contributed by atoms with Crippen molar-refractivity contribution in [2.45, 2.75) is 25.9 Å². The highest BCUT2D eigenvalue weighted by atomic mass is 32.1. The van der Waals surface area contributed by atoms with Crippen molar-refractivity contribution in [1.82, 2.24) is 5.32 Å². The SMILES string of the molecule is CC(Cc1ccsc1)NCc1cccc(C(N)=O)c1. The van der Waals surface area contributed by atoms with E-state index in [1.807, 2.05) is 18.2 Å². The Kier molecular flexibility index (Phi) is 4.71. The summed E-state index contributed by atoms with van der Waals surface area (Å²) in [6.07, 6.45) is 1.01. The normalized spacial score (nSPS) is 12.3. The fourth-order valence-corrected chi connectivity index (χ4v) is 2.64. The van der Waals surface area contributed by atoms with E-state index in [1.165, 1.54) is 5.56 Å². The van der Waals surface area contributed by atoms with Crippen LogP contribution in [0.25, 0.3) is 0 Å². The highest BCUT2D eigenvalue weighted by molar-refractivity contribution is 7.07. The van der Waals surface area contributed by atoms with Crippen LogP contribution in [0.4, 0.5) is 0 Å². The van der Waals surface area contributed by atoms with Crippen LogP contribution in [0, 0.1) is 0 Å². The van der Waals surface area contributed by atoms with Gasteiger partial charge in [0.2, 0.25) is 5.91 Å². The van der Waals surface area contributed by atoms with Crippen LogP contribution in [0.1, 0.15) is 28.4 Å². The molecule has 19 heavy (non-hydrogen) atoms. The van der Waals surface area contributed by atoms with Gasteiger partial charge in [-0.2, -0.15) is 11.3 Å². The minimum absolute atomic E-state index is 0.381. The molecule has 0 aliphatic rings. The number of hydrogen-bond acceptors (Lipinski definition) is 3. The van der Waals surface area contributed by atoms with E-state index >= 15 is 0 Å². The second-order valence-electron chi connectivity index (χ2n) is 4.68. The number of carbonyl (C=O) groups is 1. The average Bonchev–Trinajstić information content (AvgIpc) is 2.89. The van der Waals surface area contributed by atoms with Crippen LogP contribution in [0.15, 0.2) is 41.1 Å². The minimum atomic E-state index is -0.381. The molecule has 2 rings (SSSR count). The van der Waals surface area contributed by atoms with E-state index in [2.05, 4.69) is 29.1 Å². The van der Waals surface area contributed by atoms with Crippen LogP contribution in [-0.4, -0.2) is 11.9 Å². The van der Waals surface area contributed by atoms with Crippen molar-refractivity contribution in [3.05, 3.63) is 57.8 Å². The summed E-state index contributed by atoms with van der Waals surface area (Å²) in [5, 5.41) is 7.72. The Morgan fingerprint density at radius 2 is 2.21 bits per heavy atom. The number of nitrogens with two attached hydrogens (primary N) is 1. The first kappa shape index (κ1) is 13.8. The predicted molar refractivity (Wildman–Crippen MR) is 79.3 cm³/mol. The molecule has 0 aliphatic heterocycles. The number of hydrogen-bond donors (Lipinski definition) is 2. The maximum absolute atomic E-state index is 11.1. The first-order chi connectivity index (χ1) is 9.15. The van der Waals surface area contributed by atoms with Gasteiger partial charge in [0, 0.05) is 18.2 Å². The van der Waals surface area contributed by atoms with Crippen molar-refractivity contribution < 1.29 is 4.79 Å². The largest absolute Gasteiger partial charge is 0.366 e. The molecule has 1 aromatic heterocycles. The molecule has 0 spiro atoms. The summed E-state index contributed by atoms with van der Waals surface area (Å²) in [7, 11) is 0. The lowest BCUT2D eigenvalue weighted by Gasteiger charge is -2.13. The van der Waals surface area contributed by atoms with Gasteiger partial charge in [0.1, 0.15) is 0 Å². The molecule has 1 atom stereocenters. The molecule has 0 aliphatic carbocycles. The standard InChI is InChI=1S/C15H18N2OS/c1-11(7-13-5-6-19-10-13)17-9-12-3-2-4-14(8-12)15(16)18/h2-6,8,10-11,17H,7,9H2,1H3,(H2,16,18). The topological polar surface area (TPSA) is 55.1 Å². The van der Waals surface area contributed by atoms with Crippen LogP contribution in [0.3, 0.4) is 0 Å². The summed E-state index contributed by atoms with van der Waals surface area (Å²) in [5.74, 6) is -0.381. The molecular formula is C15H18N2OS. The molecule has 1 unspecified atom stereocenters. The lowest BCUT2D eigenvalue weighted by molar-refractivity contribution is 0.1000. The molecule has 1 aromatic carbocycles. The molecule has 4 heteroatoms. The third-order valence-electron chi connectivity index (χ3n) is 2.99. The number of benzene rings is 1. The maximum atomic E-state index is 11.1. The Hall–Kier alpha value is -1.65. The summed E-state index contributed by atoms with van der Waals surface area (Å²) >= 11 is 1.72. The van der Waals surface area contributed by atoms with E-state index in [0.717, 1.165) is 18.5 Å². The zero-order chi connectivity index (χ0) is 13.7. The number of carbonyl (C=O) groups excluding carboxylic acids is 1. The zero-order valence-corrected chi connectivity index (χ0v) is 11.7. The Morgan fingerprint density at radius 3 is 2.89 bits per heavy atom. The van der Waals surface area contributed by atoms with Gasteiger partial charge in [-0.3, -0.25) is 4.79 Å². The summed E-state index contributed by atoms with van der Waals surface area (Å²) in [5.41, 5.74) is 8.27. The van der Waals surface area contributed by atoms with E-state index in [4.69, 9.17) is 5.73 Å². The summed E-state index contributed by atoms with van der Waals surface area (Å²) in [4.78, 5) is 11.1. The lowest BCUT2D eigenvalue weighted by Crippen LogP contribution is -2.27. The molecule has 0 saturated carbocycles. The fraction of sp³-hybridized carbons (Fsp3) is 0.267. The Bertz CT molecular complexity index is 537. The molecule has 0 fully saturated rings. The van der Waals surface area contributed by atoms with E-state index in [0.29, 0.717) is 11.6 Å². The Labute approximate surface area is 117 Å². The van der Waals surface area contributed by atoms with Crippen LogP contribution >= 0.6 is 11.3 Å². The van der Waals surface area contributed by atoms with Gasteiger partial charge in [0.25, 0.3) is 0 Å². The summed E-state index contributed by atoms with van der Waals surface area (Å²) < 4.78 is 0.